The van der Waals surface area contributed by atoms with Gasteiger partial charge in [-0.1, -0.05) is 6.07 Å². The first-order valence-corrected chi connectivity index (χ1v) is 4.24. The van der Waals surface area contributed by atoms with E-state index in [1.807, 2.05) is 0 Å². The molecule has 0 fully saturated rings. The second-order valence-electron chi connectivity index (χ2n) is 2.85. The predicted octanol–water partition coefficient (Wildman–Crippen LogP) is 1.80. The monoisotopic (exact) mass is 233 g/mol. The van der Waals surface area contributed by atoms with Gasteiger partial charge in [-0.25, -0.2) is 10.5 Å². The standard InChI is InChI=1S/C9H10F3N3O/c1-16-15-8(13)14-7-4-2-3-6(5-7)9(10,11)12/h2-5H,1H3,(H3,13,14,15). The molecule has 4 nitrogen and oxygen atoms in total. The van der Waals surface area contributed by atoms with E-state index < -0.39 is 11.7 Å². The molecule has 0 aliphatic rings. The Balaban J connectivity index is 2.95. The number of hydroxylamine groups is 1. The number of hydrogen-bond donors (Lipinski definition) is 2. The molecular weight excluding hydrogens is 223 g/mol. The molecule has 1 aromatic rings. The Morgan fingerprint density at radius 2 is 2.12 bits per heavy atom. The third-order valence-corrected chi connectivity index (χ3v) is 1.63. The summed E-state index contributed by atoms with van der Waals surface area (Å²) in [5.74, 6) is -0.123. The van der Waals surface area contributed by atoms with Crippen molar-refractivity contribution in [2.45, 2.75) is 6.18 Å². The average Bonchev–Trinajstić information content (AvgIpc) is 2.17. The zero-order valence-corrected chi connectivity index (χ0v) is 8.38. The van der Waals surface area contributed by atoms with Gasteiger partial charge in [-0.2, -0.15) is 13.2 Å². The summed E-state index contributed by atoms with van der Waals surface area (Å²) in [5.41, 5.74) is 6.82. The number of nitrogens with zero attached hydrogens (tertiary/aromatic N) is 1. The van der Waals surface area contributed by atoms with Crippen molar-refractivity contribution in [3.63, 3.8) is 0 Å². The van der Waals surface area contributed by atoms with Gasteiger partial charge in [0.05, 0.1) is 18.4 Å². The van der Waals surface area contributed by atoms with Crippen LogP contribution in [0.25, 0.3) is 0 Å². The fourth-order valence-corrected chi connectivity index (χ4v) is 1.02. The maximum absolute atomic E-state index is 12.3. The molecule has 0 bridgehead atoms. The minimum atomic E-state index is -4.39. The highest BCUT2D eigenvalue weighted by Crippen LogP contribution is 2.31. The highest BCUT2D eigenvalue weighted by Gasteiger charge is 2.30. The zero-order valence-electron chi connectivity index (χ0n) is 8.38. The predicted molar refractivity (Wildman–Crippen MR) is 52.9 cm³/mol. The number of hydrogen-bond acceptors (Lipinski definition) is 2. The summed E-state index contributed by atoms with van der Waals surface area (Å²) < 4.78 is 37.0. The van der Waals surface area contributed by atoms with Crippen LogP contribution in [0.1, 0.15) is 5.56 Å². The second-order valence-corrected chi connectivity index (χ2v) is 2.85. The average molecular weight is 233 g/mol. The number of rotatable bonds is 2. The Kier molecular flexibility index (Phi) is 3.73. The van der Waals surface area contributed by atoms with E-state index in [2.05, 4.69) is 15.3 Å². The van der Waals surface area contributed by atoms with Gasteiger partial charge in [-0.05, 0) is 18.2 Å². The minimum absolute atomic E-state index is 0.0943. The van der Waals surface area contributed by atoms with Gasteiger partial charge in [0.15, 0.2) is 0 Å². The largest absolute Gasteiger partial charge is 0.416 e. The number of benzene rings is 1. The first kappa shape index (κ1) is 12.3. The van der Waals surface area contributed by atoms with Crippen LogP contribution in [0, 0.1) is 0 Å². The Bertz CT molecular complexity index is 390. The van der Waals surface area contributed by atoms with E-state index >= 15 is 0 Å². The molecule has 1 aromatic carbocycles. The SMILES string of the molecule is CONC(N)=Nc1cccc(C(F)(F)F)c1. The molecule has 7 heteroatoms. The summed E-state index contributed by atoms with van der Waals surface area (Å²) in [7, 11) is 1.31. The van der Waals surface area contributed by atoms with Gasteiger partial charge in [0.2, 0.25) is 5.96 Å². The summed E-state index contributed by atoms with van der Waals surface area (Å²) in [4.78, 5) is 8.13. The summed E-state index contributed by atoms with van der Waals surface area (Å²) >= 11 is 0. The fourth-order valence-electron chi connectivity index (χ4n) is 1.02. The van der Waals surface area contributed by atoms with Crippen LogP contribution < -0.4 is 11.2 Å². The van der Waals surface area contributed by atoms with Crippen molar-refractivity contribution in [1.82, 2.24) is 5.48 Å². The molecule has 0 spiro atoms. The first-order chi connectivity index (χ1) is 7.43. The van der Waals surface area contributed by atoms with Gasteiger partial charge < -0.3 is 5.73 Å². The normalized spacial score (nSPS) is 12.6. The van der Waals surface area contributed by atoms with Crippen LogP contribution in [-0.4, -0.2) is 13.1 Å². The van der Waals surface area contributed by atoms with Gasteiger partial charge in [-0.3, -0.25) is 4.84 Å². The van der Waals surface area contributed by atoms with E-state index in [4.69, 9.17) is 5.73 Å². The van der Waals surface area contributed by atoms with Crippen LogP contribution in [-0.2, 0) is 11.0 Å². The number of guanidine groups is 1. The molecule has 88 valence electrons. The third kappa shape index (κ3) is 3.43. The van der Waals surface area contributed by atoms with Crippen molar-refractivity contribution in [1.29, 1.82) is 0 Å². The van der Waals surface area contributed by atoms with Crippen LogP contribution >= 0.6 is 0 Å². The molecule has 0 heterocycles. The van der Waals surface area contributed by atoms with Crippen molar-refractivity contribution >= 4 is 11.6 Å². The Morgan fingerprint density at radius 1 is 1.44 bits per heavy atom. The topological polar surface area (TPSA) is 59.6 Å². The van der Waals surface area contributed by atoms with Crippen LogP contribution in [0.2, 0.25) is 0 Å². The molecular formula is C9H10F3N3O. The summed E-state index contributed by atoms with van der Waals surface area (Å²) in [6, 6.07) is 4.50. The lowest BCUT2D eigenvalue weighted by Gasteiger charge is -2.07. The van der Waals surface area contributed by atoms with E-state index in [0.29, 0.717) is 0 Å². The molecule has 0 atom stereocenters. The van der Waals surface area contributed by atoms with Crippen molar-refractivity contribution < 1.29 is 18.0 Å². The minimum Gasteiger partial charge on any atom is -0.368 e. The molecule has 0 radical (unpaired) electrons. The highest BCUT2D eigenvalue weighted by molar-refractivity contribution is 5.79. The molecule has 0 unspecified atom stereocenters. The molecule has 0 amide bonds. The van der Waals surface area contributed by atoms with Crippen molar-refractivity contribution in [3.8, 4) is 0 Å². The fraction of sp³-hybridized carbons (Fsp3) is 0.222. The van der Waals surface area contributed by atoms with Crippen molar-refractivity contribution in [3.05, 3.63) is 29.8 Å². The molecule has 0 aliphatic carbocycles. The van der Waals surface area contributed by atoms with Crippen LogP contribution in [0.3, 0.4) is 0 Å². The smallest absolute Gasteiger partial charge is 0.368 e. The van der Waals surface area contributed by atoms with E-state index in [-0.39, 0.29) is 11.6 Å². The first-order valence-electron chi connectivity index (χ1n) is 4.24. The van der Waals surface area contributed by atoms with Gasteiger partial charge in [0, 0.05) is 0 Å². The van der Waals surface area contributed by atoms with E-state index in [9.17, 15) is 13.2 Å². The lowest BCUT2D eigenvalue weighted by Crippen LogP contribution is -2.30. The Labute approximate surface area is 89.9 Å². The Hall–Kier alpha value is -1.76. The lowest BCUT2D eigenvalue weighted by atomic mass is 10.2. The molecule has 1 rings (SSSR count). The number of alkyl halides is 3. The summed E-state index contributed by atoms with van der Waals surface area (Å²) in [6.45, 7) is 0. The molecule has 0 aliphatic heterocycles. The molecule has 0 saturated heterocycles. The van der Waals surface area contributed by atoms with Crippen molar-refractivity contribution in [2.24, 2.45) is 10.7 Å². The summed E-state index contributed by atoms with van der Waals surface area (Å²) in [5, 5.41) is 0. The van der Waals surface area contributed by atoms with E-state index in [0.717, 1.165) is 12.1 Å². The van der Waals surface area contributed by atoms with E-state index in [1.54, 1.807) is 0 Å². The third-order valence-electron chi connectivity index (χ3n) is 1.63. The number of nitrogens with one attached hydrogen (secondary N) is 1. The Morgan fingerprint density at radius 3 is 2.69 bits per heavy atom. The maximum atomic E-state index is 12.3. The van der Waals surface area contributed by atoms with Crippen LogP contribution in [0.15, 0.2) is 29.3 Å². The number of halogens is 3. The van der Waals surface area contributed by atoms with Gasteiger partial charge in [0.25, 0.3) is 0 Å². The number of aliphatic imine (C=N–C) groups is 1. The van der Waals surface area contributed by atoms with Crippen LogP contribution in [0.4, 0.5) is 18.9 Å². The van der Waals surface area contributed by atoms with Crippen LogP contribution in [0.5, 0.6) is 0 Å². The van der Waals surface area contributed by atoms with E-state index in [1.165, 1.54) is 19.2 Å². The second kappa shape index (κ2) is 4.84. The van der Waals surface area contributed by atoms with Gasteiger partial charge >= 0.3 is 6.18 Å². The zero-order chi connectivity index (χ0) is 12.2. The number of nitrogens with two attached hydrogens (primary N) is 1. The van der Waals surface area contributed by atoms with Gasteiger partial charge in [-0.15, -0.1) is 0 Å². The van der Waals surface area contributed by atoms with Crippen molar-refractivity contribution in [2.75, 3.05) is 7.11 Å². The summed E-state index contributed by atoms with van der Waals surface area (Å²) in [6.07, 6.45) is -4.39. The lowest BCUT2D eigenvalue weighted by molar-refractivity contribution is -0.137. The molecule has 16 heavy (non-hydrogen) atoms. The highest BCUT2D eigenvalue weighted by atomic mass is 19.4. The maximum Gasteiger partial charge on any atom is 0.416 e. The van der Waals surface area contributed by atoms with Gasteiger partial charge in [0.1, 0.15) is 0 Å². The molecule has 3 N–H and O–H groups in total. The molecule has 0 saturated carbocycles. The molecule has 0 aromatic heterocycles. The quantitative estimate of drug-likeness (QED) is 0.465.